The molecule has 1 N–H and O–H groups in total. The van der Waals surface area contributed by atoms with Crippen LogP contribution in [-0.2, 0) is 6.54 Å². The molecule has 0 unspecified atom stereocenters. The van der Waals surface area contributed by atoms with Gasteiger partial charge in [-0.25, -0.2) is 9.78 Å². The van der Waals surface area contributed by atoms with Crippen LogP contribution in [0.15, 0.2) is 41.2 Å². The number of carbonyl (C=O) groups excluding carboxylic acids is 1. The fourth-order valence-corrected chi connectivity index (χ4v) is 4.04. The number of hydrogen-bond acceptors (Lipinski definition) is 4. The van der Waals surface area contributed by atoms with Crippen LogP contribution in [-0.4, -0.2) is 47.5 Å². The molecule has 0 aliphatic carbocycles. The topological polar surface area (TPSA) is 48.5 Å². The molecule has 0 spiro atoms. The Balaban J connectivity index is 1.62. The van der Waals surface area contributed by atoms with Gasteiger partial charge >= 0.3 is 6.03 Å². The molecule has 3 rings (SSSR count). The lowest BCUT2D eigenvalue weighted by Crippen LogP contribution is -2.43. The van der Waals surface area contributed by atoms with Crippen molar-refractivity contribution in [2.24, 2.45) is 0 Å². The van der Waals surface area contributed by atoms with Gasteiger partial charge < -0.3 is 10.2 Å². The Hall–Kier alpha value is -1.92. The van der Waals surface area contributed by atoms with Crippen LogP contribution in [0, 0.1) is 0 Å². The van der Waals surface area contributed by atoms with Gasteiger partial charge in [0.15, 0.2) is 0 Å². The normalized spacial score (nSPS) is 16.7. The number of carbonyl (C=O) groups is 1. The van der Waals surface area contributed by atoms with Crippen LogP contribution in [0.5, 0.6) is 0 Å². The maximum atomic E-state index is 12.5. The van der Waals surface area contributed by atoms with Crippen molar-refractivity contribution in [2.75, 3.05) is 26.7 Å². The van der Waals surface area contributed by atoms with Crippen molar-refractivity contribution in [2.45, 2.75) is 38.3 Å². The molecule has 5 nitrogen and oxygen atoms in total. The summed E-state index contributed by atoms with van der Waals surface area (Å²) in [5.74, 6) is 0. The molecule has 1 aromatic heterocycles. The molecule has 2 heterocycles. The number of thiazole rings is 1. The minimum absolute atomic E-state index is 0.0475. The van der Waals surface area contributed by atoms with E-state index in [9.17, 15) is 4.79 Å². The van der Waals surface area contributed by atoms with E-state index in [0.29, 0.717) is 13.1 Å². The van der Waals surface area contributed by atoms with E-state index in [2.05, 4.69) is 39.5 Å². The Kier molecular flexibility index (Phi) is 7.03. The summed E-state index contributed by atoms with van der Waals surface area (Å²) in [6.45, 7) is 3.37. The summed E-state index contributed by atoms with van der Waals surface area (Å²) >= 11 is 1.55. The number of benzene rings is 1. The van der Waals surface area contributed by atoms with E-state index in [-0.39, 0.29) is 12.1 Å². The van der Waals surface area contributed by atoms with E-state index < -0.39 is 0 Å². The fourth-order valence-electron chi connectivity index (χ4n) is 3.49. The molecule has 0 saturated carbocycles. The number of aromatic nitrogens is 1. The number of rotatable bonds is 6. The van der Waals surface area contributed by atoms with Crippen molar-refractivity contribution >= 4 is 17.4 Å². The van der Waals surface area contributed by atoms with Crippen molar-refractivity contribution in [1.29, 1.82) is 0 Å². The summed E-state index contributed by atoms with van der Waals surface area (Å²) in [4.78, 5) is 21.0. The molecular formula is C20H28N4OS. The molecule has 1 aliphatic heterocycles. The molecule has 1 aliphatic rings. The summed E-state index contributed by atoms with van der Waals surface area (Å²) in [5.41, 5.74) is 4.00. The molecule has 2 amide bonds. The zero-order valence-corrected chi connectivity index (χ0v) is 16.3. The number of likely N-dealkylation sites (tertiary alicyclic amines) is 1. The van der Waals surface area contributed by atoms with Crippen LogP contribution in [0.25, 0.3) is 0 Å². The highest BCUT2D eigenvalue weighted by Crippen LogP contribution is 2.23. The minimum atomic E-state index is -0.0475. The quantitative estimate of drug-likeness (QED) is 0.836. The van der Waals surface area contributed by atoms with Gasteiger partial charge in [0, 0.05) is 19.0 Å². The molecule has 1 saturated heterocycles. The smallest absolute Gasteiger partial charge is 0.317 e. The van der Waals surface area contributed by atoms with E-state index in [1.165, 1.54) is 31.2 Å². The maximum absolute atomic E-state index is 12.5. The third kappa shape index (κ3) is 5.29. The second-order valence-electron chi connectivity index (χ2n) is 6.90. The number of amides is 2. The van der Waals surface area contributed by atoms with E-state index in [4.69, 9.17) is 0 Å². The van der Waals surface area contributed by atoms with Crippen molar-refractivity contribution in [3.63, 3.8) is 0 Å². The summed E-state index contributed by atoms with van der Waals surface area (Å²) in [5, 5.41) is 5.11. The second-order valence-corrected chi connectivity index (χ2v) is 7.62. The zero-order chi connectivity index (χ0) is 18.2. The average molecular weight is 373 g/mol. The molecule has 26 heavy (non-hydrogen) atoms. The first-order chi connectivity index (χ1) is 12.7. The summed E-state index contributed by atoms with van der Waals surface area (Å²) in [6.07, 6.45) is 5.09. The molecule has 1 aromatic carbocycles. The summed E-state index contributed by atoms with van der Waals surface area (Å²) < 4.78 is 0. The number of urea groups is 1. The van der Waals surface area contributed by atoms with E-state index in [0.717, 1.165) is 18.8 Å². The van der Waals surface area contributed by atoms with Gasteiger partial charge in [-0.3, -0.25) is 4.90 Å². The first kappa shape index (κ1) is 18.9. The maximum Gasteiger partial charge on any atom is 0.317 e. The summed E-state index contributed by atoms with van der Waals surface area (Å²) in [7, 11) is 1.82. The lowest BCUT2D eigenvalue weighted by molar-refractivity contribution is 0.183. The lowest BCUT2D eigenvalue weighted by atomic mass is 10.0. The number of nitrogens with zero attached hydrogens (tertiary/aromatic N) is 3. The molecule has 0 radical (unpaired) electrons. The van der Waals surface area contributed by atoms with Crippen molar-refractivity contribution in [3.8, 4) is 0 Å². The molecule has 1 atom stereocenters. The largest absolute Gasteiger partial charge is 0.336 e. The highest BCUT2D eigenvalue weighted by atomic mass is 32.1. The van der Waals surface area contributed by atoms with Gasteiger partial charge in [0.1, 0.15) is 0 Å². The number of nitrogens with one attached hydrogen (secondary N) is 1. The lowest BCUT2D eigenvalue weighted by Gasteiger charge is -2.32. The van der Waals surface area contributed by atoms with E-state index in [1.807, 2.05) is 18.5 Å². The molecule has 140 valence electrons. The predicted octanol–water partition coefficient (Wildman–Crippen LogP) is 3.90. The van der Waals surface area contributed by atoms with Crippen molar-refractivity contribution in [1.82, 2.24) is 20.1 Å². The van der Waals surface area contributed by atoms with Crippen molar-refractivity contribution in [3.05, 3.63) is 52.5 Å². The second kappa shape index (κ2) is 9.69. The Morgan fingerprint density at radius 1 is 1.23 bits per heavy atom. The van der Waals surface area contributed by atoms with Crippen LogP contribution in [0.1, 0.15) is 43.0 Å². The highest BCUT2D eigenvalue weighted by molar-refractivity contribution is 7.07. The molecule has 6 heteroatoms. The molecule has 0 bridgehead atoms. The van der Waals surface area contributed by atoms with Gasteiger partial charge in [-0.05, 0) is 31.5 Å². The first-order valence-corrected chi connectivity index (χ1v) is 10.3. The number of hydrogen-bond donors (Lipinski definition) is 1. The third-order valence-corrected chi connectivity index (χ3v) is 5.58. The predicted molar refractivity (Wildman–Crippen MR) is 106 cm³/mol. The van der Waals surface area contributed by atoms with E-state index in [1.54, 1.807) is 21.7 Å². The molecular weight excluding hydrogens is 344 g/mol. The molecule has 1 fully saturated rings. The van der Waals surface area contributed by atoms with Crippen LogP contribution in [0.3, 0.4) is 0 Å². The van der Waals surface area contributed by atoms with Gasteiger partial charge in [0.2, 0.25) is 0 Å². The van der Waals surface area contributed by atoms with Gasteiger partial charge in [-0.15, -0.1) is 11.3 Å². The minimum Gasteiger partial charge on any atom is -0.336 e. The van der Waals surface area contributed by atoms with Crippen LogP contribution < -0.4 is 5.32 Å². The van der Waals surface area contributed by atoms with Crippen molar-refractivity contribution < 1.29 is 4.79 Å². The summed E-state index contributed by atoms with van der Waals surface area (Å²) in [6, 6.07) is 10.7. The van der Waals surface area contributed by atoms with Crippen LogP contribution >= 0.6 is 11.3 Å². The Labute approximate surface area is 160 Å². The highest BCUT2D eigenvalue weighted by Gasteiger charge is 2.22. The van der Waals surface area contributed by atoms with Gasteiger partial charge in [0.25, 0.3) is 0 Å². The Bertz CT molecular complexity index is 654. The third-order valence-electron chi connectivity index (χ3n) is 4.94. The zero-order valence-electron chi connectivity index (χ0n) is 15.4. The van der Waals surface area contributed by atoms with Gasteiger partial charge in [0.05, 0.1) is 23.8 Å². The Morgan fingerprint density at radius 3 is 2.62 bits per heavy atom. The fraction of sp³-hybridized carbons (Fsp3) is 0.500. The SMILES string of the molecule is CN(Cc1cscn1)C(=O)NC[C@@H](c1ccccc1)N1CCCCCC1. The van der Waals surface area contributed by atoms with Crippen LogP contribution in [0.2, 0.25) is 0 Å². The van der Waals surface area contributed by atoms with Gasteiger partial charge in [-0.2, -0.15) is 0 Å². The molecule has 2 aromatic rings. The Morgan fingerprint density at radius 2 is 1.96 bits per heavy atom. The van der Waals surface area contributed by atoms with Gasteiger partial charge in [-0.1, -0.05) is 43.2 Å². The van der Waals surface area contributed by atoms with Crippen LogP contribution in [0.4, 0.5) is 4.79 Å². The standard InChI is InChI=1S/C20H28N4OS/c1-23(14-18-15-26-16-22-18)20(25)21-13-19(17-9-5-4-6-10-17)24-11-7-2-3-8-12-24/h4-6,9-10,15-16,19H,2-3,7-8,11-14H2,1H3,(H,21,25)/t19-/m0/s1. The monoisotopic (exact) mass is 372 g/mol. The van der Waals surface area contributed by atoms with E-state index >= 15 is 0 Å². The average Bonchev–Trinajstić information content (AvgIpc) is 3.03. The first-order valence-electron chi connectivity index (χ1n) is 9.39.